The smallest absolute Gasteiger partial charge is 0.295 e. The van der Waals surface area contributed by atoms with Gasteiger partial charge in [0.15, 0.2) is 11.5 Å². The number of phenolic OH excluding ortho intramolecular Hbond substituents is 1. The van der Waals surface area contributed by atoms with Gasteiger partial charge < -0.3 is 29.5 Å². The highest BCUT2D eigenvalue weighted by Gasteiger charge is 2.46. The van der Waals surface area contributed by atoms with Gasteiger partial charge in [0.1, 0.15) is 17.6 Å². The second-order valence-electron chi connectivity index (χ2n) is 9.16. The number of benzene rings is 2. The lowest BCUT2D eigenvalue weighted by Crippen LogP contribution is -2.32. The molecule has 0 aliphatic carbocycles. The standard InChI is InChI=1S/C26H29BrN2O6/c1-14-10-16-11-15(6-7-19(16)35-14)23(30)21-22(17-12-18(27)24(31)20(13-17)34-4)29(26(33)25(21)32)9-5-8-28(2)3/h6-7,11-14,22,30-31H,5,8-10H2,1-4H3/t14-,22+/m1/s1. The quantitative estimate of drug-likeness (QED) is 0.310. The number of nitrogens with zero attached hydrogens (tertiary/aromatic N) is 2. The van der Waals surface area contributed by atoms with Gasteiger partial charge in [0, 0.05) is 18.5 Å². The number of aliphatic hydroxyl groups is 1. The second-order valence-corrected chi connectivity index (χ2v) is 10.0. The van der Waals surface area contributed by atoms with Crippen LogP contribution in [0.25, 0.3) is 5.76 Å². The Kier molecular flexibility index (Phi) is 7.10. The van der Waals surface area contributed by atoms with Crippen molar-refractivity contribution in [2.24, 2.45) is 0 Å². The molecule has 0 bridgehead atoms. The van der Waals surface area contributed by atoms with Crippen LogP contribution in [0.5, 0.6) is 17.2 Å². The molecule has 4 rings (SSSR count). The Morgan fingerprint density at radius 2 is 2.00 bits per heavy atom. The molecule has 0 unspecified atom stereocenters. The number of fused-ring (bicyclic) bond motifs is 1. The molecule has 0 aromatic heterocycles. The van der Waals surface area contributed by atoms with E-state index in [4.69, 9.17) is 9.47 Å². The van der Waals surface area contributed by atoms with Crippen molar-refractivity contribution in [2.45, 2.75) is 31.9 Å². The zero-order valence-corrected chi connectivity index (χ0v) is 21.8. The maximum absolute atomic E-state index is 13.3. The van der Waals surface area contributed by atoms with Crippen molar-refractivity contribution in [3.05, 3.63) is 57.1 Å². The van der Waals surface area contributed by atoms with Crippen LogP contribution in [-0.4, -0.2) is 72.1 Å². The van der Waals surface area contributed by atoms with Gasteiger partial charge in [0.25, 0.3) is 11.7 Å². The number of hydrogen-bond donors (Lipinski definition) is 2. The van der Waals surface area contributed by atoms with Gasteiger partial charge >= 0.3 is 0 Å². The predicted molar refractivity (Wildman–Crippen MR) is 135 cm³/mol. The number of carbonyl (C=O) groups excluding carboxylic acids is 2. The molecule has 2 aromatic carbocycles. The molecule has 9 heteroatoms. The molecule has 1 saturated heterocycles. The summed E-state index contributed by atoms with van der Waals surface area (Å²) < 4.78 is 11.4. The molecule has 8 nitrogen and oxygen atoms in total. The summed E-state index contributed by atoms with van der Waals surface area (Å²) in [5, 5.41) is 21.7. The van der Waals surface area contributed by atoms with Crippen molar-refractivity contribution in [3.63, 3.8) is 0 Å². The molecule has 2 aliphatic rings. The maximum Gasteiger partial charge on any atom is 0.295 e. The Labute approximate surface area is 212 Å². The number of aromatic hydroxyl groups is 1. The van der Waals surface area contributed by atoms with Gasteiger partial charge in [-0.1, -0.05) is 0 Å². The number of hydrogen-bond acceptors (Lipinski definition) is 7. The number of carbonyl (C=O) groups is 2. The Balaban J connectivity index is 1.84. The fourth-order valence-corrected chi connectivity index (χ4v) is 5.11. The summed E-state index contributed by atoms with van der Waals surface area (Å²) >= 11 is 3.33. The molecule has 0 spiro atoms. The minimum absolute atomic E-state index is 0.00593. The van der Waals surface area contributed by atoms with Gasteiger partial charge in [0.05, 0.1) is 23.2 Å². The maximum atomic E-state index is 13.3. The summed E-state index contributed by atoms with van der Waals surface area (Å²) in [5.41, 5.74) is 1.93. The number of aliphatic hydroxyl groups excluding tert-OH is 1. The zero-order chi connectivity index (χ0) is 25.4. The number of amides is 1. The molecular weight excluding hydrogens is 516 g/mol. The molecule has 2 aromatic rings. The van der Waals surface area contributed by atoms with Crippen LogP contribution in [-0.2, 0) is 16.0 Å². The molecule has 2 heterocycles. The minimum atomic E-state index is -0.841. The first-order chi connectivity index (χ1) is 16.6. The highest BCUT2D eigenvalue weighted by molar-refractivity contribution is 9.10. The number of methoxy groups -OCH3 is 1. The zero-order valence-electron chi connectivity index (χ0n) is 20.2. The predicted octanol–water partition coefficient (Wildman–Crippen LogP) is 3.86. The molecule has 1 amide bonds. The Hall–Kier alpha value is -3.04. The average Bonchev–Trinajstić information content (AvgIpc) is 3.31. The largest absolute Gasteiger partial charge is 0.507 e. The van der Waals surface area contributed by atoms with Gasteiger partial charge in [-0.3, -0.25) is 9.59 Å². The van der Waals surface area contributed by atoms with Gasteiger partial charge in [-0.2, -0.15) is 0 Å². The highest BCUT2D eigenvalue weighted by atomic mass is 79.9. The first-order valence-corrected chi connectivity index (χ1v) is 12.2. The molecule has 35 heavy (non-hydrogen) atoms. The fourth-order valence-electron chi connectivity index (χ4n) is 4.65. The van der Waals surface area contributed by atoms with E-state index in [-0.39, 0.29) is 28.9 Å². The van der Waals surface area contributed by atoms with E-state index in [0.717, 1.165) is 17.9 Å². The first kappa shape index (κ1) is 25.1. The van der Waals surface area contributed by atoms with Gasteiger partial charge in [-0.05, 0) is 91.4 Å². The summed E-state index contributed by atoms with van der Waals surface area (Å²) in [6, 6.07) is 7.65. The average molecular weight is 545 g/mol. The van der Waals surface area contributed by atoms with E-state index in [9.17, 15) is 19.8 Å². The van der Waals surface area contributed by atoms with Crippen LogP contribution in [0.2, 0.25) is 0 Å². The van der Waals surface area contributed by atoms with E-state index in [1.807, 2.05) is 25.9 Å². The van der Waals surface area contributed by atoms with Crippen LogP contribution in [0.3, 0.4) is 0 Å². The lowest BCUT2D eigenvalue weighted by atomic mass is 9.94. The van der Waals surface area contributed by atoms with Crippen molar-refractivity contribution < 1.29 is 29.3 Å². The lowest BCUT2D eigenvalue weighted by Gasteiger charge is -2.26. The van der Waals surface area contributed by atoms with Crippen molar-refractivity contribution in [1.29, 1.82) is 0 Å². The van der Waals surface area contributed by atoms with Crippen LogP contribution in [0.15, 0.2) is 40.4 Å². The van der Waals surface area contributed by atoms with Gasteiger partial charge in [0.2, 0.25) is 0 Å². The molecule has 0 radical (unpaired) electrons. The third-order valence-corrected chi connectivity index (χ3v) is 6.90. The van der Waals surface area contributed by atoms with E-state index >= 15 is 0 Å². The molecule has 2 atom stereocenters. The first-order valence-electron chi connectivity index (χ1n) is 11.4. The number of phenols is 1. The highest BCUT2D eigenvalue weighted by Crippen LogP contribution is 2.44. The Morgan fingerprint density at radius 1 is 1.26 bits per heavy atom. The normalized spacial score (nSPS) is 20.9. The van der Waals surface area contributed by atoms with Crippen molar-refractivity contribution in [2.75, 3.05) is 34.3 Å². The monoisotopic (exact) mass is 544 g/mol. The SMILES string of the molecule is COc1cc([C@H]2C(=C(O)c3ccc4c(c3)C[C@@H](C)O4)C(=O)C(=O)N2CCCN(C)C)cc(Br)c1O. The molecular formula is C26H29BrN2O6. The summed E-state index contributed by atoms with van der Waals surface area (Å²) in [6.07, 6.45) is 1.37. The number of Topliss-reactive ketones (excluding diaryl/α,β-unsaturated/α-hetero) is 1. The van der Waals surface area contributed by atoms with Crippen molar-refractivity contribution >= 4 is 33.4 Å². The summed E-state index contributed by atoms with van der Waals surface area (Å²) in [5.74, 6) is -0.802. The van der Waals surface area contributed by atoms with Crippen LogP contribution >= 0.6 is 15.9 Å². The number of ether oxygens (including phenoxy) is 2. The number of likely N-dealkylation sites (tertiary alicyclic amines) is 1. The third kappa shape index (κ3) is 4.75. The van der Waals surface area contributed by atoms with Crippen LogP contribution in [0.1, 0.15) is 36.1 Å². The number of ketones is 1. The van der Waals surface area contributed by atoms with E-state index in [1.54, 1.807) is 30.3 Å². The summed E-state index contributed by atoms with van der Waals surface area (Å²) in [6.45, 7) is 3.01. The van der Waals surface area contributed by atoms with Crippen molar-refractivity contribution in [1.82, 2.24) is 9.80 Å². The summed E-state index contributed by atoms with van der Waals surface area (Å²) in [4.78, 5) is 29.9. The molecule has 186 valence electrons. The molecule has 1 fully saturated rings. The number of halogens is 1. The molecule has 0 saturated carbocycles. The second kappa shape index (κ2) is 9.91. The van der Waals surface area contributed by atoms with Crippen LogP contribution < -0.4 is 9.47 Å². The van der Waals surface area contributed by atoms with Crippen LogP contribution in [0, 0.1) is 0 Å². The number of rotatable bonds is 7. The van der Waals surface area contributed by atoms with E-state index in [0.29, 0.717) is 35.0 Å². The van der Waals surface area contributed by atoms with E-state index in [2.05, 4.69) is 15.9 Å². The van der Waals surface area contributed by atoms with Gasteiger partial charge in [-0.25, -0.2) is 0 Å². The minimum Gasteiger partial charge on any atom is -0.507 e. The summed E-state index contributed by atoms with van der Waals surface area (Å²) in [7, 11) is 5.30. The molecule has 2 N–H and O–H groups in total. The molecule has 2 aliphatic heterocycles. The van der Waals surface area contributed by atoms with E-state index in [1.165, 1.54) is 12.0 Å². The fraction of sp³-hybridized carbons (Fsp3) is 0.385. The Morgan fingerprint density at radius 3 is 2.69 bits per heavy atom. The topological polar surface area (TPSA) is 99.5 Å². The van der Waals surface area contributed by atoms with E-state index < -0.39 is 17.7 Å². The third-order valence-electron chi connectivity index (χ3n) is 6.30. The van der Waals surface area contributed by atoms with Crippen molar-refractivity contribution in [3.8, 4) is 17.2 Å². The van der Waals surface area contributed by atoms with Crippen LogP contribution in [0.4, 0.5) is 0 Å². The van der Waals surface area contributed by atoms with Gasteiger partial charge in [-0.15, -0.1) is 0 Å². The Bertz CT molecular complexity index is 1210. The lowest BCUT2D eigenvalue weighted by molar-refractivity contribution is -0.139.